The van der Waals surface area contributed by atoms with E-state index in [1.165, 1.54) is 0 Å². The van der Waals surface area contributed by atoms with E-state index in [2.05, 4.69) is 25.7 Å². The van der Waals surface area contributed by atoms with Gasteiger partial charge >= 0.3 is 6.36 Å². The molecule has 0 N–H and O–H groups in total. The van der Waals surface area contributed by atoms with Gasteiger partial charge in [-0.15, -0.1) is 13.2 Å². The van der Waals surface area contributed by atoms with Crippen LogP contribution in [0.15, 0.2) is 16.9 Å². The molecule has 14 heavy (non-hydrogen) atoms. The fourth-order valence-electron chi connectivity index (χ4n) is 0.697. The van der Waals surface area contributed by atoms with Gasteiger partial charge in [0.1, 0.15) is 16.4 Å². The molecule has 0 radical (unpaired) electrons. The van der Waals surface area contributed by atoms with Gasteiger partial charge in [0, 0.05) is 6.07 Å². The predicted molar refractivity (Wildman–Crippen MR) is 43.3 cm³/mol. The van der Waals surface area contributed by atoms with Gasteiger partial charge in [0.05, 0.1) is 11.8 Å². The predicted octanol–water partition coefficient (Wildman–Crippen LogP) is 2.61. The van der Waals surface area contributed by atoms with E-state index in [-0.39, 0.29) is 10.2 Å². The van der Waals surface area contributed by atoms with Gasteiger partial charge in [0.15, 0.2) is 0 Å². The number of ether oxygens (including phenoxy) is 1. The molecule has 1 heterocycles. The fourth-order valence-corrected chi connectivity index (χ4v) is 1.00. The summed E-state index contributed by atoms with van der Waals surface area (Å²) in [5.41, 5.74) is -0.0215. The van der Waals surface area contributed by atoms with Crippen LogP contribution in [0.25, 0.3) is 0 Å². The van der Waals surface area contributed by atoms with Crippen molar-refractivity contribution in [3.8, 4) is 11.8 Å². The molecule has 74 valence electrons. The van der Waals surface area contributed by atoms with E-state index < -0.39 is 12.1 Å². The van der Waals surface area contributed by atoms with E-state index in [1.807, 2.05) is 0 Å². The average Bonchev–Trinajstić information content (AvgIpc) is 2.06. The SMILES string of the molecule is N#Cc1cc(OC(F)(F)F)cnc1Br. The normalized spacial score (nSPS) is 10.8. The third kappa shape index (κ3) is 2.88. The van der Waals surface area contributed by atoms with Crippen LogP contribution in [0.3, 0.4) is 0 Å². The highest BCUT2D eigenvalue weighted by Gasteiger charge is 2.31. The average molecular weight is 267 g/mol. The first-order chi connectivity index (χ1) is 6.42. The van der Waals surface area contributed by atoms with Crippen molar-refractivity contribution in [3.63, 3.8) is 0 Å². The number of pyridine rings is 1. The minimum Gasteiger partial charge on any atom is -0.404 e. The second-order valence-electron chi connectivity index (χ2n) is 2.17. The molecule has 0 fully saturated rings. The lowest BCUT2D eigenvalue weighted by Crippen LogP contribution is -2.17. The number of aromatic nitrogens is 1. The molecule has 3 nitrogen and oxygen atoms in total. The second kappa shape index (κ2) is 3.84. The second-order valence-corrected chi connectivity index (χ2v) is 2.92. The van der Waals surface area contributed by atoms with Gasteiger partial charge in [-0.05, 0) is 15.9 Å². The Labute approximate surface area is 85.3 Å². The van der Waals surface area contributed by atoms with E-state index >= 15 is 0 Å². The van der Waals surface area contributed by atoms with Gasteiger partial charge < -0.3 is 4.74 Å². The van der Waals surface area contributed by atoms with Crippen molar-refractivity contribution in [1.29, 1.82) is 5.26 Å². The van der Waals surface area contributed by atoms with Gasteiger partial charge in [0.25, 0.3) is 0 Å². The van der Waals surface area contributed by atoms with Crippen LogP contribution < -0.4 is 4.74 Å². The Balaban J connectivity index is 2.97. The quantitative estimate of drug-likeness (QED) is 0.734. The highest BCUT2D eigenvalue weighted by molar-refractivity contribution is 9.10. The molecule has 0 amide bonds. The molecule has 1 aromatic heterocycles. The minimum absolute atomic E-state index is 0.0215. The number of alkyl halides is 3. The number of nitriles is 1. The largest absolute Gasteiger partial charge is 0.573 e. The van der Waals surface area contributed by atoms with Crippen LogP contribution in [0.2, 0.25) is 0 Å². The van der Waals surface area contributed by atoms with Crippen LogP contribution in [0.5, 0.6) is 5.75 Å². The summed E-state index contributed by atoms with van der Waals surface area (Å²) < 4.78 is 38.9. The topological polar surface area (TPSA) is 45.9 Å². The molecule has 0 aliphatic heterocycles. The van der Waals surface area contributed by atoms with Crippen molar-refractivity contribution in [2.45, 2.75) is 6.36 Å². The Hall–Kier alpha value is -1.29. The van der Waals surface area contributed by atoms with Gasteiger partial charge in [-0.2, -0.15) is 5.26 Å². The van der Waals surface area contributed by atoms with Crippen molar-refractivity contribution in [3.05, 3.63) is 22.4 Å². The van der Waals surface area contributed by atoms with E-state index in [1.54, 1.807) is 6.07 Å². The Bertz CT molecular complexity index is 386. The van der Waals surface area contributed by atoms with Crippen LogP contribution in [0, 0.1) is 11.3 Å². The summed E-state index contributed by atoms with van der Waals surface area (Å²) in [6.07, 6.45) is -3.90. The van der Waals surface area contributed by atoms with Crippen LogP contribution in [0.4, 0.5) is 13.2 Å². The molecule has 0 aliphatic carbocycles. The third-order valence-corrected chi connectivity index (χ3v) is 1.80. The Kier molecular flexibility index (Phi) is 2.96. The zero-order valence-electron chi connectivity index (χ0n) is 6.47. The highest BCUT2D eigenvalue weighted by Crippen LogP contribution is 2.24. The molecule has 7 heteroatoms. The first kappa shape index (κ1) is 10.8. The molecular formula is C7H2BrF3N2O. The summed E-state index contributed by atoms with van der Waals surface area (Å²) in [6.45, 7) is 0. The number of hydrogen-bond acceptors (Lipinski definition) is 3. The molecule has 0 spiro atoms. The van der Waals surface area contributed by atoms with Gasteiger partial charge in [-0.1, -0.05) is 0 Å². The fraction of sp³-hybridized carbons (Fsp3) is 0.143. The summed E-state index contributed by atoms with van der Waals surface area (Å²) in [5.74, 6) is -0.516. The number of rotatable bonds is 1. The Morgan fingerprint density at radius 2 is 2.14 bits per heavy atom. The monoisotopic (exact) mass is 266 g/mol. The third-order valence-electron chi connectivity index (χ3n) is 1.17. The standard InChI is InChI=1S/C7H2BrF3N2O/c8-6-4(2-12)1-5(3-13-6)14-7(9,10)11/h1,3H. The lowest BCUT2D eigenvalue weighted by molar-refractivity contribution is -0.274. The van der Waals surface area contributed by atoms with E-state index in [0.29, 0.717) is 0 Å². The number of halogens is 4. The molecule has 1 aromatic rings. The van der Waals surface area contributed by atoms with Crippen LogP contribution in [0.1, 0.15) is 5.56 Å². The summed E-state index contributed by atoms with van der Waals surface area (Å²) in [5, 5.41) is 8.48. The van der Waals surface area contributed by atoms with Crippen molar-refractivity contribution in [2.75, 3.05) is 0 Å². The number of hydrogen-bond donors (Lipinski definition) is 0. The molecule has 0 saturated heterocycles. The molecular weight excluding hydrogens is 265 g/mol. The van der Waals surface area contributed by atoms with Crippen molar-refractivity contribution in [1.82, 2.24) is 4.98 Å². The first-order valence-electron chi connectivity index (χ1n) is 3.24. The molecule has 0 aliphatic rings. The minimum atomic E-state index is -4.78. The lowest BCUT2D eigenvalue weighted by atomic mass is 10.3. The van der Waals surface area contributed by atoms with Crippen molar-refractivity contribution < 1.29 is 17.9 Å². The summed E-state index contributed by atoms with van der Waals surface area (Å²) >= 11 is 2.90. The summed E-state index contributed by atoms with van der Waals surface area (Å²) in [6, 6.07) is 2.61. The molecule has 0 aromatic carbocycles. The van der Waals surface area contributed by atoms with Crippen LogP contribution >= 0.6 is 15.9 Å². The molecule has 0 unspecified atom stereocenters. The van der Waals surface area contributed by atoms with E-state index in [0.717, 1.165) is 12.3 Å². The van der Waals surface area contributed by atoms with Gasteiger partial charge in [0.2, 0.25) is 0 Å². The van der Waals surface area contributed by atoms with Crippen LogP contribution in [-0.2, 0) is 0 Å². The summed E-state index contributed by atoms with van der Waals surface area (Å²) in [4.78, 5) is 3.50. The Morgan fingerprint density at radius 1 is 1.50 bits per heavy atom. The zero-order valence-corrected chi connectivity index (χ0v) is 8.06. The van der Waals surface area contributed by atoms with Gasteiger partial charge in [-0.25, -0.2) is 4.98 Å². The van der Waals surface area contributed by atoms with E-state index in [4.69, 9.17) is 5.26 Å². The highest BCUT2D eigenvalue weighted by atomic mass is 79.9. The van der Waals surface area contributed by atoms with Crippen molar-refractivity contribution in [2.24, 2.45) is 0 Å². The van der Waals surface area contributed by atoms with Crippen LogP contribution in [-0.4, -0.2) is 11.3 Å². The molecule has 0 saturated carbocycles. The Morgan fingerprint density at radius 3 is 2.64 bits per heavy atom. The van der Waals surface area contributed by atoms with Crippen molar-refractivity contribution >= 4 is 15.9 Å². The molecule has 0 atom stereocenters. The van der Waals surface area contributed by atoms with Gasteiger partial charge in [-0.3, -0.25) is 0 Å². The smallest absolute Gasteiger partial charge is 0.404 e. The molecule has 0 bridgehead atoms. The maximum Gasteiger partial charge on any atom is 0.573 e. The maximum absolute atomic E-state index is 11.7. The molecule has 1 rings (SSSR count). The van der Waals surface area contributed by atoms with E-state index in [9.17, 15) is 13.2 Å². The maximum atomic E-state index is 11.7. The zero-order chi connectivity index (χ0) is 10.8. The first-order valence-corrected chi connectivity index (χ1v) is 4.03. The summed E-state index contributed by atoms with van der Waals surface area (Å²) in [7, 11) is 0. The lowest BCUT2D eigenvalue weighted by Gasteiger charge is -2.08. The number of nitrogens with zero attached hydrogens (tertiary/aromatic N) is 2.